The van der Waals surface area contributed by atoms with Crippen LogP contribution in [0.25, 0.3) is 0 Å². The molecule has 0 bridgehead atoms. The first-order valence-corrected chi connectivity index (χ1v) is 11.2. The highest BCUT2D eigenvalue weighted by Crippen LogP contribution is 2.24. The summed E-state index contributed by atoms with van der Waals surface area (Å²) < 4.78 is 16.2. The van der Waals surface area contributed by atoms with Crippen molar-refractivity contribution in [3.63, 3.8) is 0 Å². The highest BCUT2D eigenvalue weighted by molar-refractivity contribution is 7.13. The molecular weight excluding hydrogens is 404 g/mol. The number of rotatable bonds is 9. The Hall–Kier alpha value is -2.39. The minimum absolute atomic E-state index is 0.115. The van der Waals surface area contributed by atoms with E-state index in [9.17, 15) is 4.79 Å². The Bertz CT molecular complexity index is 828. The van der Waals surface area contributed by atoms with Gasteiger partial charge < -0.3 is 24.5 Å². The van der Waals surface area contributed by atoms with E-state index in [0.717, 1.165) is 36.6 Å². The summed E-state index contributed by atoms with van der Waals surface area (Å²) in [6.07, 6.45) is 4.72. The van der Waals surface area contributed by atoms with Gasteiger partial charge in [0.15, 0.2) is 5.96 Å². The first-order valence-electron chi connectivity index (χ1n) is 10.4. The molecular formula is C21H30N4O4S. The molecule has 2 unspecified atom stereocenters. The average Bonchev–Trinajstić information content (AvgIpc) is 3.48. The fourth-order valence-corrected chi connectivity index (χ4v) is 4.11. The lowest BCUT2D eigenvalue weighted by molar-refractivity contribution is 0.0531. The van der Waals surface area contributed by atoms with Gasteiger partial charge in [-0.1, -0.05) is 0 Å². The van der Waals surface area contributed by atoms with E-state index in [1.165, 1.54) is 11.3 Å². The molecule has 0 radical (unpaired) electrons. The van der Waals surface area contributed by atoms with Crippen LogP contribution in [0.2, 0.25) is 0 Å². The number of esters is 1. The number of carbonyl (C=O) groups is 1. The van der Waals surface area contributed by atoms with E-state index in [1.807, 2.05) is 26.0 Å². The Kier molecular flexibility index (Phi) is 8.27. The lowest BCUT2D eigenvalue weighted by atomic mass is 10.2. The van der Waals surface area contributed by atoms with Gasteiger partial charge in [0.25, 0.3) is 0 Å². The molecule has 2 N–H and O–H groups in total. The summed E-state index contributed by atoms with van der Waals surface area (Å²) >= 11 is 1.35. The number of ether oxygens (including phenoxy) is 2. The Morgan fingerprint density at radius 2 is 2.37 bits per heavy atom. The molecule has 2 atom stereocenters. The molecule has 2 aromatic rings. The van der Waals surface area contributed by atoms with Crippen LogP contribution in [0, 0.1) is 6.92 Å². The highest BCUT2D eigenvalue weighted by atomic mass is 32.1. The van der Waals surface area contributed by atoms with Gasteiger partial charge in [-0.05, 0) is 45.7 Å². The summed E-state index contributed by atoms with van der Waals surface area (Å²) in [7, 11) is 0. The topological polar surface area (TPSA) is 98.0 Å². The maximum absolute atomic E-state index is 12.1. The van der Waals surface area contributed by atoms with E-state index in [2.05, 4.69) is 15.6 Å². The van der Waals surface area contributed by atoms with Gasteiger partial charge in [0.2, 0.25) is 0 Å². The molecule has 1 aliphatic heterocycles. The lowest BCUT2D eigenvalue weighted by Crippen LogP contribution is -2.40. The zero-order chi connectivity index (χ0) is 21.3. The van der Waals surface area contributed by atoms with Gasteiger partial charge in [-0.15, -0.1) is 11.3 Å². The number of guanidine groups is 1. The zero-order valence-corrected chi connectivity index (χ0v) is 18.6. The van der Waals surface area contributed by atoms with Gasteiger partial charge in [0, 0.05) is 19.6 Å². The number of hydrogen-bond acceptors (Lipinski definition) is 7. The molecule has 0 spiro atoms. The molecule has 1 fully saturated rings. The minimum Gasteiger partial charge on any atom is -0.469 e. The number of nitrogens with zero attached hydrogens (tertiary/aromatic N) is 2. The van der Waals surface area contributed by atoms with Crippen molar-refractivity contribution < 1.29 is 18.7 Å². The lowest BCUT2D eigenvalue weighted by Gasteiger charge is -2.17. The van der Waals surface area contributed by atoms with Gasteiger partial charge in [0.05, 0.1) is 37.3 Å². The zero-order valence-electron chi connectivity index (χ0n) is 17.8. The molecule has 164 valence electrons. The fraction of sp³-hybridized carbons (Fsp3) is 0.571. The second-order valence-corrected chi connectivity index (χ2v) is 8.16. The minimum atomic E-state index is -0.324. The van der Waals surface area contributed by atoms with Crippen LogP contribution in [-0.4, -0.2) is 49.3 Å². The Balaban J connectivity index is 1.63. The predicted molar refractivity (Wildman–Crippen MR) is 116 cm³/mol. The molecule has 30 heavy (non-hydrogen) atoms. The largest absolute Gasteiger partial charge is 0.469 e. The number of nitrogens with one attached hydrogen (secondary N) is 2. The fourth-order valence-electron chi connectivity index (χ4n) is 3.15. The third kappa shape index (κ3) is 6.30. The van der Waals surface area contributed by atoms with E-state index in [0.29, 0.717) is 36.2 Å². The molecule has 2 aromatic heterocycles. The normalized spacial score (nSPS) is 17.7. The van der Waals surface area contributed by atoms with E-state index >= 15 is 0 Å². The van der Waals surface area contributed by atoms with Crippen molar-refractivity contribution in [2.75, 3.05) is 26.3 Å². The van der Waals surface area contributed by atoms with Crippen LogP contribution >= 0.6 is 11.3 Å². The van der Waals surface area contributed by atoms with E-state index in [-0.39, 0.29) is 18.1 Å². The first-order chi connectivity index (χ1) is 14.6. The number of aryl methyl sites for hydroxylation is 1. The summed E-state index contributed by atoms with van der Waals surface area (Å²) in [6.45, 7) is 8.07. The van der Waals surface area contributed by atoms with Gasteiger partial charge in [0.1, 0.15) is 15.6 Å². The van der Waals surface area contributed by atoms with Crippen molar-refractivity contribution in [2.45, 2.75) is 52.2 Å². The van der Waals surface area contributed by atoms with Gasteiger partial charge in [-0.2, -0.15) is 0 Å². The van der Waals surface area contributed by atoms with Crippen molar-refractivity contribution in [2.24, 2.45) is 4.99 Å². The molecule has 3 rings (SSSR count). The van der Waals surface area contributed by atoms with Crippen molar-refractivity contribution in [3.05, 3.63) is 39.7 Å². The molecule has 9 heteroatoms. The number of aliphatic imine (C=N–C) groups is 1. The number of thiazole rings is 1. The molecule has 0 aromatic carbocycles. The van der Waals surface area contributed by atoms with Crippen LogP contribution in [0.4, 0.5) is 0 Å². The summed E-state index contributed by atoms with van der Waals surface area (Å²) in [6, 6.07) is 3.72. The monoisotopic (exact) mass is 434 g/mol. The van der Waals surface area contributed by atoms with Crippen LogP contribution in [0.15, 0.2) is 27.8 Å². The SMILES string of the molecule is CCOC(=O)c1sc(C(C)NC(=NCC2CCCO2)NCCc2ccco2)nc1C. The second-order valence-electron chi connectivity index (χ2n) is 7.13. The van der Waals surface area contributed by atoms with Gasteiger partial charge >= 0.3 is 5.97 Å². The highest BCUT2D eigenvalue weighted by Gasteiger charge is 2.21. The number of hydrogen-bond donors (Lipinski definition) is 2. The summed E-state index contributed by atoms with van der Waals surface area (Å²) in [5.74, 6) is 1.29. The quantitative estimate of drug-likeness (QED) is 0.355. The smallest absolute Gasteiger partial charge is 0.350 e. The predicted octanol–water partition coefficient (Wildman–Crippen LogP) is 3.24. The number of furan rings is 1. The Labute approximate surface area is 181 Å². The van der Waals surface area contributed by atoms with Crippen molar-refractivity contribution >= 4 is 23.3 Å². The van der Waals surface area contributed by atoms with Crippen LogP contribution in [0.3, 0.4) is 0 Å². The van der Waals surface area contributed by atoms with Crippen LogP contribution in [0.5, 0.6) is 0 Å². The van der Waals surface area contributed by atoms with Crippen molar-refractivity contribution in [1.82, 2.24) is 15.6 Å². The van der Waals surface area contributed by atoms with Crippen LogP contribution < -0.4 is 10.6 Å². The molecule has 0 amide bonds. The Morgan fingerprint density at radius 1 is 1.50 bits per heavy atom. The molecule has 1 aliphatic rings. The van der Waals surface area contributed by atoms with E-state index < -0.39 is 0 Å². The third-order valence-corrected chi connectivity index (χ3v) is 6.04. The molecule has 0 aliphatic carbocycles. The third-order valence-electron chi connectivity index (χ3n) is 4.72. The van der Waals surface area contributed by atoms with Crippen LogP contribution in [-0.2, 0) is 15.9 Å². The molecule has 3 heterocycles. The summed E-state index contributed by atoms with van der Waals surface area (Å²) in [5, 5.41) is 7.57. The van der Waals surface area contributed by atoms with Gasteiger partial charge in [-0.3, -0.25) is 4.99 Å². The molecule has 1 saturated heterocycles. The molecule has 8 nitrogen and oxygen atoms in total. The van der Waals surface area contributed by atoms with E-state index in [1.54, 1.807) is 13.2 Å². The maximum atomic E-state index is 12.1. The summed E-state index contributed by atoms with van der Waals surface area (Å²) in [4.78, 5) is 21.9. The maximum Gasteiger partial charge on any atom is 0.350 e. The van der Waals surface area contributed by atoms with Crippen LogP contribution in [0.1, 0.15) is 58.9 Å². The van der Waals surface area contributed by atoms with Crippen molar-refractivity contribution in [3.8, 4) is 0 Å². The van der Waals surface area contributed by atoms with Crippen molar-refractivity contribution in [1.29, 1.82) is 0 Å². The number of aromatic nitrogens is 1. The number of carbonyl (C=O) groups excluding carboxylic acids is 1. The van der Waals surface area contributed by atoms with Gasteiger partial charge in [-0.25, -0.2) is 9.78 Å². The first kappa shape index (κ1) is 22.3. The molecule has 0 saturated carbocycles. The Morgan fingerprint density at radius 3 is 3.07 bits per heavy atom. The standard InChI is InChI=1S/C21H30N4O4S/c1-4-27-20(26)18-14(2)24-19(30-18)15(3)25-21(23-13-17-8-6-12-29-17)22-10-9-16-7-5-11-28-16/h5,7,11,15,17H,4,6,8-10,12-13H2,1-3H3,(H2,22,23,25). The average molecular weight is 435 g/mol. The van der Waals surface area contributed by atoms with E-state index in [4.69, 9.17) is 18.9 Å². The summed E-state index contributed by atoms with van der Waals surface area (Å²) in [5.41, 5.74) is 0.686. The second kappa shape index (κ2) is 11.1.